The summed E-state index contributed by atoms with van der Waals surface area (Å²) in [4.78, 5) is 2.12. The molecule has 1 rings (SSSR count). The van der Waals surface area contributed by atoms with Crippen LogP contribution in [0.2, 0.25) is 0 Å². The summed E-state index contributed by atoms with van der Waals surface area (Å²) >= 11 is 0. The van der Waals surface area contributed by atoms with Crippen molar-refractivity contribution in [2.75, 3.05) is 35.6 Å². The standard InChI is InChI=1S/C14H24N2O3S/c1-5-10-20(17,18)15-12-8-9-14(19-4)13(11-12)16(6-2)7-3/h8-9,11,15H,5-7,10H2,1-4H3. The van der Waals surface area contributed by atoms with Gasteiger partial charge in [-0.15, -0.1) is 0 Å². The first kappa shape index (κ1) is 16.6. The van der Waals surface area contributed by atoms with Crippen LogP contribution in [0.25, 0.3) is 0 Å². The van der Waals surface area contributed by atoms with E-state index in [0.717, 1.165) is 24.5 Å². The molecule has 0 bridgehead atoms. The molecular formula is C14H24N2O3S. The van der Waals surface area contributed by atoms with Crippen molar-refractivity contribution >= 4 is 21.4 Å². The van der Waals surface area contributed by atoms with Crippen molar-refractivity contribution in [3.8, 4) is 5.75 Å². The molecule has 0 amide bonds. The van der Waals surface area contributed by atoms with Crippen molar-refractivity contribution in [3.63, 3.8) is 0 Å². The first-order chi connectivity index (χ1) is 9.47. The van der Waals surface area contributed by atoms with Gasteiger partial charge in [-0.3, -0.25) is 4.72 Å². The van der Waals surface area contributed by atoms with E-state index in [1.165, 1.54) is 0 Å². The Bertz CT molecular complexity index is 525. The number of nitrogens with one attached hydrogen (secondary N) is 1. The molecule has 1 aromatic carbocycles. The lowest BCUT2D eigenvalue weighted by Gasteiger charge is -2.24. The summed E-state index contributed by atoms with van der Waals surface area (Å²) in [6, 6.07) is 5.33. The van der Waals surface area contributed by atoms with Gasteiger partial charge in [0.05, 0.1) is 24.2 Å². The molecule has 0 saturated carbocycles. The van der Waals surface area contributed by atoms with Gasteiger partial charge in [0.15, 0.2) is 0 Å². The Morgan fingerprint density at radius 3 is 2.35 bits per heavy atom. The molecule has 0 fully saturated rings. The predicted molar refractivity (Wildman–Crippen MR) is 84.3 cm³/mol. The van der Waals surface area contributed by atoms with Crippen LogP contribution < -0.4 is 14.4 Å². The highest BCUT2D eigenvalue weighted by Crippen LogP contribution is 2.31. The first-order valence-corrected chi connectivity index (χ1v) is 8.56. The fourth-order valence-corrected chi connectivity index (χ4v) is 3.19. The fraction of sp³-hybridized carbons (Fsp3) is 0.571. The Hall–Kier alpha value is -1.43. The van der Waals surface area contributed by atoms with Gasteiger partial charge in [0.25, 0.3) is 0 Å². The number of sulfonamides is 1. The van der Waals surface area contributed by atoms with Crippen molar-refractivity contribution < 1.29 is 13.2 Å². The number of hydrogen-bond acceptors (Lipinski definition) is 4. The normalized spacial score (nSPS) is 11.2. The maximum atomic E-state index is 11.8. The summed E-state index contributed by atoms with van der Waals surface area (Å²) in [6.07, 6.45) is 0.592. The molecule has 114 valence electrons. The molecule has 0 saturated heterocycles. The topological polar surface area (TPSA) is 58.6 Å². The monoisotopic (exact) mass is 300 g/mol. The van der Waals surface area contributed by atoms with Gasteiger partial charge in [-0.2, -0.15) is 0 Å². The average molecular weight is 300 g/mol. The van der Waals surface area contributed by atoms with Crippen molar-refractivity contribution in [2.45, 2.75) is 27.2 Å². The van der Waals surface area contributed by atoms with Crippen LogP contribution in [0.5, 0.6) is 5.75 Å². The molecule has 0 aliphatic rings. The second-order valence-corrected chi connectivity index (χ2v) is 6.32. The van der Waals surface area contributed by atoms with Crippen molar-refractivity contribution in [3.05, 3.63) is 18.2 Å². The van der Waals surface area contributed by atoms with Gasteiger partial charge in [-0.25, -0.2) is 8.42 Å². The average Bonchev–Trinajstić information content (AvgIpc) is 2.40. The van der Waals surface area contributed by atoms with Crippen LogP contribution in [0.1, 0.15) is 27.2 Å². The molecule has 0 unspecified atom stereocenters. The lowest BCUT2D eigenvalue weighted by Crippen LogP contribution is -2.23. The van der Waals surface area contributed by atoms with Gasteiger partial charge in [0.1, 0.15) is 5.75 Å². The van der Waals surface area contributed by atoms with Crippen LogP contribution in [0, 0.1) is 0 Å². The maximum Gasteiger partial charge on any atom is 0.232 e. The number of nitrogens with zero attached hydrogens (tertiary/aromatic N) is 1. The van der Waals surface area contributed by atoms with Crippen LogP contribution in [0.3, 0.4) is 0 Å². The molecule has 1 N–H and O–H groups in total. The van der Waals surface area contributed by atoms with Gasteiger partial charge in [0.2, 0.25) is 10.0 Å². The van der Waals surface area contributed by atoms with E-state index in [1.807, 2.05) is 13.0 Å². The second-order valence-electron chi connectivity index (χ2n) is 4.48. The van der Waals surface area contributed by atoms with Crippen LogP contribution >= 0.6 is 0 Å². The highest BCUT2D eigenvalue weighted by molar-refractivity contribution is 7.92. The summed E-state index contributed by atoms with van der Waals surface area (Å²) < 4.78 is 31.6. The van der Waals surface area contributed by atoms with Crippen molar-refractivity contribution in [1.29, 1.82) is 0 Å². The second kappa shape index (κ2) is 7.38. The highest BCUT2D eigenvalue weighted by Gasteiger charge is 2.13. The van der Waals surface area contributed by atoms with E-state index in [9.17, 15) is 8.42 Å². The first-order valence-electron chi connectivity index (χ1n) is 6.90. The Morgan fingerprint density at radius 2 is 1.85 bits per heavy atom. The summed E-state index contributed by atoms with van der Waals surface area (Å²) in [5, 5.41) is 0. The van der Waals surface area contributed by atoms with Crippen LogP contribution in [0.15, 0.2) is 18.2 Å². The fourth-order valence-electron chi connectivity index (χ4n) is 2.06. The molecule has 0 aromatic heterocycles. The quantitative estimate of drug-likeness (QED) is 0.802. The third kappa shape index (κ3) is 4.30. The molecule has 0 aliphatic heterocycles. The Morgan fingerprint density at radius 1 is 1.20 bits per heavy atom. The zero-order chi connectivity index (χ0) is 15.2. The summed E-state index contributed by atoms with van der Waals surface area (Å²) in [5.74, 6) is 0.867. The van der Waals surface area contributed by atoms with Gasteiger partial charge in [-0.1, -0.05) is 6.92 Å². The lowest BCUT2D eigenvalue weighted by molar-refractivity contribution is 0.414. The lowest BCUT2D eigenvalue weighted by atomic mass is 10.2. The highest BCUT2D eigenvalue weighted by atomic mass is 32.2. The maximum absolute atomic E-state index is 11.8. The van der Waals surface area contributed by atoms with Gasteiger partial charge in [-0.05, 0) is 38.5 Å². The third-order valence-corrected chi connectivity index (χ3v) is 4.52. The van der Waals surface area contributed by atoms with Crippen molar-refractivity contribution in [1.82, 2.24) is 0 Å². The number of rotatable bonds is 8. The number of ether oxygens (including phenoxy) is 1. The van der Waals surface area contributed by atoms with E-state index in [4.69, 9.17) is 4.74 Å². The summed E-state index contributed by atoms with van der Waals surface area (Å²) in [5.41, 5.74) is 1.47. The SMILES string of the molecule is CCCS(=O)(=O)Nc1ccc(OC)c(N(CC)CC)c1. The Labute approximate surface area is 122 Å². The largest absolute Gasteiger partial charge is 0.495 e. The summed E-state index contributed by atoms with van der Waals surface area (Å²) in [7, 11) is -1.66. The van der Waals surface area contributed by atoms with Crippen LogP contribution in [-0.2, 0) is 10.0 Å². The van der Waals surface area contributed by atoms with Gasteiger partial charge >= 0.3 is 0 Å². The van der Waals surface area contributed by atoms with E-state index >= 15 is 0 Å². The van der Waals surface area contributed by atoms with Crippen LogP contribution in [-0.4, -0.2) is 34.4 Å². The van der Waals surface area contributed by atoms with Gasteiger partial charge < -0.3 is 9.64 Å². The molecule has 0 spiro atoms. The molecule has 6 heteroatoms. The minimum Gasteiger partial charge on any atom is -0.495 e. The van der Waals surface area contributed by atoms with Crippen molar-refractivity contribution in [2.24, 2.45) is 0 Å². The Balaban J connectivity index is 3.09. The number of benzene rings is 1. The van der Waals surface area contributed by atoms with Gasteiger partial charge in [0, 0.05) is 13.1 Å². The molecule has 20 heavy (non-hydrogen) atoms. The minimum absolute atomic E-state index is 0.125. The molecule has 1 aromatic rings. The number of methoxy groups -OCH3 is 1. The van der Waals surface area contributed by atoms with E-state index in [2.05, 4.69) is 23.5 Å². The molecule has 0 heterocycles. The van der Waals surface area contributed by atoms with E-state index in [-0.39, 0.29) is 5.75 Å². The molecular weight excluding hydrogens is 276 g/mol. The number of hydrogen-bond donors (Lipinski definition) is 1. The predicted octanol–water partition coefficient (Wildman–Crippen LogP) is 2.69. The third-order valence-electron chi connectivity index (χ3n) is 3.03. The Kier molecular flexibility index (Phi) is 6.13. The molecule has 0 radical (unpaired) electrons. The molecule has 0 atom stereocenters. The number of anilines is 2. The zero-order valence-electron chi connectivity index (χ0n) is 12.6. The van der Waals surface area contributed by atoms with E-state index < -0.39 is 10.0 Å². The van der Waals surface area contributed by atoms with Crippen LogP contribution in [0.4, 0.5) is 11.4 Å². The zero-order valence-corrected chi connectivity index (χ0v) is 13.5. The smallest absolute Gasteiger partial charge is 0.232 e. The molecule has 5 nitrogen and oxygen atoms in total. The van der Waals surface area contributed by atoms with E-state index in [0.29, 0.717) is 12.1 Å². The minimum atomic E-state index is -3.27. The molecule has 0 aliphatic carbocycles. The summed E-state index contributed by atoms with van der Waals surface area (Å²) in [6.45, 7) is 7.61. The van der Waals surface area contributed by atoms with E-state index in [1.54, 1.807) is 19.2 Å².